The summed E-state index contributed by atoms with van der Waals surface area (Å²) in [4.78, 5) is 12.5. The lowest BCUT2D eigenvalue weighted by Gasteiger charge is -2.21. The van der Waals surface area contributed by atoms with Crippen molar-refractivity contribution in [2.75, 3.05) is 39.8 Å². The molecule has 0 amide bonds. The predicted octanol–water partition coefficient (Wildman–Crippen LogP) is -0.0408. The van der Waals surface area contributed by atoms with Gasteiger partial charge < -0.3 is 10.0 Å². The number of nitrogens with zero attached hydrogens (tertiary/aromatic N) is 2. The van der Waals surface area contributed by atoms with Crippen LogP contribution in [0.1, 0.15) is 26.7 Å². The third kappa shape index (κ3) is 8.14. The number of carboxylic acids is 1. The number of carboxylic acid groups (broad SMARTS) is 1. The molecular formula is C11H25N3O4S. The van der Waals surface area contributed by atoms with E-state index in [0.29, 0.717) is 13.1 Å². The topological polar surface area (TPSA) is 90.0 Å². The molecule has 0 spiro atoms. The fraction of sp³-hybridized carbons (Fsp3) is 0.909. The summed E-state index contributed by atoms with van der Waals surface area (Å²) in [6.45, 7) is 6.87. The van der Waals surface area contributed by atoms with E-state index in [4.69, 9.17) is 5.11 Å². The maximum absolute atomic E-state index is 11.8. The maximum Gasteiger partial charge on any atom is 0.304 e. The van der Waals surface area contributed by atoms with Crippen LogP contribution in [0, 0.1) is 0 Å². The summed E-state index contributed by atoms with van der Waals surface area (Å²) >= 11 is 0. The number of aliphatic carboxylic acids is 1. The maximum atomic E-state index is 11.8. The number of hydrogen-bond acceptors (Lipinski definition) is 4. The largest absolute Gasteiger partial charge is 0.481 e. The molecule has 2 N–H and O–H groups in total. The quantitative estimate of drug-likeness (QED) is 0.558. The van der Waals surface area contributed by atoms with Gasteiger partial charge in [0, 0.05) is 26.7 Å². The minimum atomic E-state index is -3.58. The normalized spacial score (nSPS) is 12.3. The van der Waals surface area contributed by atoms with E-state index < -0.39 is 16.2 Å². The molecule has 8 heteroatoms. The Balaban J connectivity index is 4.11. The summed E-state index contributed by atoms with van der Waals surface area (Å²) in [5, 5.41) is 8.52. The van der Waals surface area contributed by atoms with Crippen molar-refractivity contribution in [3.8, 4) is 0 Å². The average Bonchev–Trinajstić information content (AvgIpc) is 2.34. The summed E-state index contributed by atoms with van der Waals surface area (Å²) in [6.07, 6.45) is 0.827. The smallest absolute Gasteiger partial charge is 0.304 e. The summed E-state index contributed by atoms with van der Waals surface area (Å²) in [5.41, 5.74) is 0. The SMILES string of the molecule is CCCN(CC)CCNS(=O)(=O)N(C)CCC(=O)O. The second-order valence-corrected chi connectivity index (χ2v) is 6.16. The molecule has 0 aliphatic heterocycles. The molecule has 0 fully saturated rings. The number of rotatable bonds is 11. The fourth-order valence-electron chi connectivity index (χ4n) is 1.56. The second kappa shape index (κ2) is 9.24. The average molecular weight is 295 g/mol. The van der Waals surface area contributed by atoms with Crippen LogP contribution in [0.4, 0.5) is 0 Å². The van der Waals surface area contributed by atoms with Crippen LogP contribution >= 0.6 is 0 Å². The van der Waals surface area contributed by atoms with E-state index in [9.17, 15) is 13.2 Å². The van der Waals surface area contributed by atoms with E-state index in [-0.39, 0.29) is 13.0 Å². The van der Waals surface area contributed by atoms with Gasteiger partial charge in [0.2, 0.25) is 0 Å². The Morgan fingerprint density at radius 1 is 1.21 bits per heavy atom. The summed E-state index contributed by atoms with van der Waals surface area (Å²) < 4.78 is 27.0. The molecular weight excluding hydrogens is 270 g/mol. The van der Waals surface area contributed by atoms with Crippen molar-refractivity contribution >= 4 is 16.2 Å². The van der Waals surface area contributed by atoms with E-state index >= 15 is 0 Å². The lowest BCUT2D eigenvalue weighted by molar-refractivity contribution is -0.137. The van der Waals surface area contributed by atoms with Crippen LogP contribution in [0.3, 0.4) is 0 Å². The van der Waals surface area contributed by atoms with Gasteiger partial charge in [0.05, 0.1) is 6.42 Å². The van der Waals surface area contributed by atoms with Crippen molar-refractivity contribution in [2.24, 2.45) is 0 Å². The third-order valence-corrected chi connectivity index (χ3v) is 4.32. The van der Waals surface area contributed by atoms with Gasteiger partial charge in [-0.1, -0.05) is 13.8 Å². The highest BCUT2D eigenvalue weighted by atomic mass is 32.2. The highest BCUT2D eigenvalue weighted by Gasteiger charge is 2.17. The van der Waals surface area contributed by atoms with Gasteiger partial charge >= 0.3 is 5.97 Å². The molecule has 0 heterocycles. The second-order valence-electron chi connectivity index (χ2n) is 4.30. The van der Waals surface area contributed by atoms with E-state index in [1.165, 1.54) is 7.05 Å². The number of nitrogens with one attached hydrogen (secondary N) is 1. The molecule has 0 aliphatic carbocycles. The molecule has 0 rings (SSSR count). The van der Waals surface area contributed by atoms with Crippen LogP contribution in [0.5, 0.6) is 0 Å². The van der Waals surface area contributed by atoms with Crippen molar-refractivity contribution in [3.63, 3.8) is 0 Å². The Morgan fingerprint density at radius 3 is 2.32 bits per heavy atom. The molecule has 19 heavy (non-hydrogen) atoms. The molecule has 0 unspecified atom stereocenters. The van der Waals surface area contributed by atoms with Gasteiger partial charge in [-0.15, -0.1) is 0 Å². The molecule has 0 aromatic carbocycles. The van der Waals surface area contributed by atoms with Crippen LogP contribution in [-0.2, 0) is 15.0 Å². The zero-order valence-corrected chi connectivity index (χ0v) is 12.7. The van der Waals surface area contributed by atoms with Crippen LogP contribution in [0.15, 0.2) is 0 Å². The molecule has 0 aliphatic rings. The number of carbonyl (C=O) groups is 1. The first-order chi connectivity index (χ1) is 8.83. The van der Waals surface area contributed by atoms with Crippen LogP contribution < -0.4 is 4.72 Å². The highest BCUT2D eigenvalue weighted by molar-refractivity contribution is 7.87. The van der Waals surface area contributed by atoms with Crippen LogP contribution in [0.25, 0.3) is 0 Å². The van der Waals surface area contributed by atoms with Gasteiger partial charge in [0.1, 0.15) is 0 Å². The molecule has 0 saturated heterocycles. The van der Waals surface area contributed by atoms with E-state index in [0.717, 1.165) is 23.8 Å². The monoisotopic (exact) mass is 295 g/mol. The van der Waals surface area contributed by atoms with Gasteiger partial charge in [0.25, 0.3) is 10.2 Å². The van der Waals surface area contributed by atoms with Gasteiger partial charge in [-0.2, -0.15) is 12.7 Å². The molecule has 7 nitrogen and oxygen atoms in total. The third-order valence-electron chi connectivity index (χ3n) is 2.75. The lowest BCUT2D eigenvalue weighted by atomic mass is 10.4. The van der Waals surface area contributed by atoms with E-state index in [2.05, 4.69) is 16.5 Å². The first-order valence-electron chi connectivity index (χ1n) is 6.48. The molecule has 0 aromatic heterocycles. The molecule has 0 aromatic rings. The number of hydrogen-bond donors (Lipinski definition) is 2. The summed E-state index contributed by atoms with van der Waals surface area (Å²) in [7, 11) is -2.21. The minimum absolute atomic E-state index is 0.0306. The molecule has 0 atom stereocenters. The van der Waals surface area contributed by atoms with Crippen molar-refractivity contribution in [1.82, 2.24) is 13.9 Å². The van der Waals surface area contributed by atoms with Gasteiger partial charge in [0.15, 0.2) is 0 Å². The van der Waals surface area contributed by atoms with E-state index in [1.807, 2.05) is 6.92 Å². The Hall–Kier alpha value is -0.700. The first kappa shape index (κ1) is 18.3. The van der Waals surface area contributed by atoms with Crippen LogP contribution in [-0.4, -0.2) is 68.5 Å². The van der Waals surface area contributed by atoms with E-state index in [1.54, 1.807) is 0 Å². The van der Waals surface area contributed by atoms with Gasteiger partial charge in [-0.25, -0.2) is 4.72 Å². The lowest BCUT2D eigenvalue weighted by Crippen LogP contribution is -2.42. The summed E-state index contributed by atoms with van der Waals surface area (Å²) in [5.74, 6) is -1.01. The van der Waals surface area contributed by atoms with Crippen molar-refractivity contribution in [3.05, 3.63) is 0 Å². The zero-order valence-electron chi connectivity index (χ0n) is 11.9. The fourth-order valence-corrected chi connectivity index (χ4v) is 2.46. The summed E-state index contributed by atoms with van der Waals surface area (Å²) in [6, 6.07) is 0. The first-order valence-corrected chi connectivity index (χ1v) is 7.92. The highest BCUT2D eigenvalue weighted by Crippen LogP contribution is 1.96. The van der Waals surface area contributed by atoms with Gasteiger partial charge in [-0.3, -0.25) is 4.79 Å². The Kier molecular flexibility index (Phi) is 8.90. The predicted molar refractivity (Wildman–Crippen MR) is 74.2 cm³/mol. The number of likely N-dealkylation sites (N-methyl/N-ethyl adjacent to an activating group) is 1. The molecule has 114 valence electrons. The Bertz CT molecular complexity index is 359. The molecule has 0 saturated carbocycles. The van der Waals surface area contributed by atoms with Crippen molar-refractivity contribution in [2.45, 2.75) is 26.7 Å². The van der Waals surface area contributed by atoms with Crippen LogP contribution in [0.2, 0.25) is 0 Å². The zero-order chi connectivity index (χ0) is 14.9. The standard InChI is InChI=1S/C11H25N3O4S/c1-4-8-14(5-2)10-7-12-19(17,18)13(3)9-6-11(15)16/h12H,4-10H2,1-3H3,(H,15,16). The van der Waals surface area contributed by atoms with Crippen molar-refractivity contribution < 1.29 is 18.3 Å². The molecule has 0 bridgehead atoms. The Morgan fingerprint density at radius 2 is 1.84 bits per heavy atom. The van der Waals surface area contributed by atoms with Gasteiger partial charge in [-0.05, 0) is 19.5 Å². The van der Waals surface area contributed by atoms with Crippen molar-refractivity contribution in [1.29, 1.82) is 0 Å². The molecule has 0 radical (unpaired) electrons. The minimum Gasteiger partial charge on any atom is -0.481 e. The Labute approximate surface area is 115 Å².